The van der Waals surface area contributed by atoms with Gasteiger partial charge in [0.25, 0.3) is 0 Å². The minimum atomic E-state index is -0.719. The molecular formula is C34H66NO7. The molecule has 0 aliphatic rings. The molecule has 0 aromatic carbocycles. The first-order chi connectivity index (χ1) is 20.2. The monoisotopic (exact) mass is 600 g/mol. The van der Waals surface area contributed by atoms with E-state index in [1.54, 1.807) is 0 Å². The van der Waals surface area contributed by atoms with Gasteiger partial charge in [-0.2, -0.15) is 0 Å². The molecule has 0 heterocycles. The third-order valence-electron chi connectivity index (χ3n) is 7.21. The number of carbonyl (C=O) groups excluding carboxylic acids is 2. The molecule has 1 radical (unpaired) electrons. The van der Waals surface area contributed by atoms with Gasteiger partial charge in [-0.25, -0.2) is 4.79 Å². The van der Waals surface area contributed by atoms with Gasteiger partial charge in [0.15, 0.2) is 6.29 Å². The minimum absolute atomic E-state index is 0.0294. The molecule has 0 saturated carbocycles. The second-order valence-corrected chi connectivity index (χ2v) is 12.0. The van der Waals surface area contributed by atoms with Crippen LogP contribution in [-0.2, 0) is 28.5 Å². The van der Waals surface area contributed by atoms with E-state index in [0.717, 1.165) is 38.6 Å². The highest BCUT2D eigenvalue weighted by Gasteiger charge is 2.16. The van der Waals surface area contributed by atoms with Crippen LogP contribution in [0.25, 0.3) is 0 Å². The first-order valence-corrected chi connectivity index (χ1v) is 17.0. The Morgan fingerprint density at radius 3 is 1.67 bits per heavy atom. The highest BCUT2D eigenvalue weighted by atomic mass is 16.7. The molecule has 0 spiro atoms. The average molecular weight is 601 g/mol. The topological polar surface area (TPSA) is 83.5 Å². The summed E-state index contributed by atoms with van der Waals surface area (Å²) in [6, 6.07) is 0.875. The van der Waals surface area contributed by atoms with Crippen LogP contribution < -0.4 is 0 Å². The Bertz CT molecular complexity index is 603. The van der Waals surface area contributed by atoms with Gasteiger partial charge >= 0.3 is 12.1 Å². The minimum Gasteiger partial charge on any atom is -0.465 e. The van der Waals surface area contributed by atoms with Gasteiger partial charge in [0.05, 0.1) is 19.6 Å². The molecule has 8 heteroatoms. The molecule has 0 aromatic heterocycles. The summed E-state index contributed by atoms with van der Waals surface area (Å²) in [5.74, 6) is -0.704. The predicted molar refractivity (Wildman–Crippen MR) is 170 cm³/mol. The summed E-state index contributed by atoms with van der Waals surface area (Å²) < 4.78 is 27.7. The molecule has 249 valence electrons. The Kier molecular flexibility index (Phi) is 27.5. The Labute approximate surface area is 258 Å². The number of nitrogens with zero attached hydrogens (tertiary/aromatic N) is 1. The normalized spacial score (nSPS) is 12.5. The highest BCUT2D eigenvalue weighted by Crippen LogP contribution is 2.12. The fraction of sp³-hybridized carbons (Fsp3) is 0.912. The maximum absolute atomic E-state index is 12.4. The molecule has 0 N–H and O–H groups in total. The van der Waals surface area contributed by atoms with Gasteiger partial charge in [0.1, 0.15) is 6.61 Å². The fourth-order valence-corrected chi connectivity index (χ4v) is 4.72. The lowest BCUT2D eigenvalue weighted by molar-refractivity contribution is -0.160. The zero-order valence-corrected chi connectivity index (χ0v) is 28.2. The summed E-state index contributed by atoms with van der Waals surface area (Å²) in [5, 5.41) is 0. The quantitative estimate of drug-likeness (QED) is 0.0480. The zero-order valence-electron chi connectivity index (χ0n) is 28.2. The van der Waals surface area contributed by atoms with E-state index in [4.69, 9.17) is 23.7 Å². The summed E-state index contributed by atoms with van der Waals surface area (Å²) in [4.78, 5) is 26.6. The van der Waals surface area contributed by atoms with Crippen LogP contribution in [0.1, 0.15) is 138 Å². The van der Waals surface area contributed by atoms with Gasteiger partial charge in [-0.15, -0.1) is 0 Å². The number of hydrogen-bond acceptors (Lipinski definition) is 8. The van der Waals surface area contributed by atoms with Gasteiger partial charge in [0, 0.05) is 44.2 Å². The number of esters is 1. The van der Waals surface area contributed by atoms with Crippen molar-refractivity contribution in [2.75, 3.05) is 39.6 Å². The first-order valence-electron chi connectivity index (χ1n) is 17.0. The average Bonchev–Trinajstić information content (AvgIpc) is 2.95. The summed E-state index contributed by atoms with van der Waals surface area (Å²) in [6.07, 6.45) is 14.7. The van der Waals surface area contributed by atoms with Gasteiger partial charge in [-0.1, -0.05) is 78.1 Å². The lowest BCUT2D eigenvalue weighted by Crippen LogP contribution is -2.38. The zero-order chi connectivity index (χ0) is 31.4. The highest BCUT2D eigenvalue weighted by molar-refractivity contribution is 5.69. The van der Waals surface area contributed by atoms with E-state index in [9.17, 15) is 9.59 Å². The van der Waals surface area contributed by atoms with Crippen LogP contribution in [0.15, 0.2) is 0 Å². The SMILES string of the molecule is [CH2]C(COC(=O)CCC(OCCCCCCCC)OCCCCCCCC)COC(=O)OCCCN(C(C)C)C(C)C. The lowest BCUT2D eigenvalue weighted by Gasteiger charge is -2.30. The molecule has 0 rings (SSSR count). The molecule has 0 fully saturated rings. The van der Waals surface area contributed by atoms with E-state index in [2.05, 4.69) is 53.4 Å². The van der Waals surface area contributed by atoms with E-state index in [1.165, 1.54) is 51.4 Å². The molecule has 0 bridgehead atoms. The van der Waals surface area contributed by atoms with Gasteiger partial charge < -0.3 is 23.7 Å². The second kappa shape index (κ2) is 28.4. The van der Waals surface area contributed by atoms with E-state index < -0.39 is 12.4 Å². The summed E-state index contributed by atoms with van der Waals surface area (Å²) in [6.45, 7) is 19.5. The largest absolute Gasteiger partial charge is 0.508 e. The predicted octanol–water partition coefficient (Wildman–Crippen LogP) is 8.50. The van der Waals surface area contributed by atoms with Crippen LogP contribution in [0.4, 0.5) is 4.79 Å². The van der Waals surface area contributed by atoms with E-state index >= 15 is 0 Å². The van der Waals surface area contributed by atoms with E-state index in [0.29, 0.717) is 38.3 Å². The van der Waals surface area contributed by atoms with Crippen molar-refractivity contribution < 1.29 is 33.3 Å². The maximum Gasteiger partial charge on any atom is 0.508 e. The van der Waals surface area contributed by atoms with Crippen molar-refractivity contribution in [3.63, 3.8) is 0 Å². The number of ether oxygens (including phenoxy) is 5. The van der Waals surface area contributed by atoms with Crippen molar-refractivity contribution in [3.8, 4) is 0 Å². The van der Waals surface area contributed by atoms with Gasteiger partial charge in [0.2, 0.25) is 0 Å². The van der Waals surface area contributed by atoms with E-state index in [1.807, 2.05) is 0 Å². The summed E-state index contributed by atoms with van der Waals surface area (Å²) >= 11 is 0. The number of rotatable bonds is 29. The smallest absolute Gasteiger partial charge is 0.465 e. The Morgan fingerprint density at radius 1 is 0.643 bits per heavy atom. The molecule has 1 unspecified atom stereocenters. The molecular weight excluding hydrogens is 534 g/mol. The van der Waals surface area contributed by atoms with Crippen molar-refractivity contribution in [2.45, 2.75) is 156 Å². The molecule has 0 aliphatic heterocycles. The Balaban J connectivity index is 4.22. The van der Waals surface area contributed by atoms with Crippen molar-refractivity contribution >= 4 is 12.1 Å². The van der Waals surface area contributed by atoms with Crippen LogP contribution in [0.3, 0.4) is 0 Å². The maximum atomic E-state index is 12.4. The summed E-state index contributed by atoms with van der Waals surface area (Å²) in [7, 11) is 0. The standard InChI is InChI=1S/C34H66NO7/c1-8-10-12-14-16-18-24-38-33(39-25-19-17-15-13-11-9-2)22-21-32(36)41-27-31(7)28-42-34(37)40-26-20-23-35(29(3)4)30(5)6/h29-31,33H,7-28H2,1-6H3. The first kappa shape index (κ1) is 40.6. The molecule has 0 saturated heterocycles. The lowest BCUT2D eigenvalue weighted by atomic mass is 10.1. The molecule has 1 atom stereocenters. The molecule has 0 aromatic rings. The van der Waals surface area contributed by atoms with Crippen molar-refractivity contribution in [3.05, 3.63) is 6.92 Å². The Morgan fingerprint density at radius 2 is 1.14 bits per heavy atom. The van der Waals surface area contributed by atoms with Gasteiger partial charge in [-0.3, -0.25) is 9.69 Å². The van der Waals surface area contributed by atoms with Gasteiger partial charge in [-0.05, 0) is 53.9 Å². The van der Waals surface area contributed by atoms with Crippen LogP contribution >= 0.6 is 0 Å². The van der Waals surface area contributed by atoms with Crippen LogP contribution in [0.5, 0.6) is 0 Å². The summed E-state index contributed by atoms with van der Waals surface area (Å²) in [5.41, 5.74) is 0. The van der Waals surface area contributed by atoms with Crippen molar-refractivity contribution in [1.82, 2.24) is 4.90 Å². The molecule has 0 amide bonds. The van der Waals surface area contributed by atoms with Crippen LogP contribution in [0.2, 0.25) is 0 Å². The molecule has 0 aliphatic carbocycles. The number of carbonyl (C=O) groups is 2. The third kappa shape index (κ3) is 25.1. The van der Waals surface area contributed by atoms with Crippen molar-refractivity contribution in [1.29, 1.82) is 0 Å². The Hall–Kier alpha value is -1.38. The van der Waals surface area contributed by atoms with E-state index in [-0.39, 0.29) is 31.5 Å². The number of unbranched alkanes of at least 4 members (excludes halogenated alkanes) is 10. The van der Waals surface area contributed by atoms with Crippen LogP contribution in [0, 0.1) is 12.8 Å². The molecule has 8 nitrogen and oxygen atoms in total. The van der Waals surface area contributed by atoms with Crippen LogP contribution in [-0.4, -0.2) is 75.0 Å². The van der Waals surface area contributed by atoms with Crippen molar-refractivity contribution in [2.24, 2.45) is 5.92 Å². The number of hydrogen-bond donors (Lipinski definition) is 0. The third-order valence-corrected chi connectivity index (χ3v) is 7.21. The fourth-order valence-electron chi connectivity index (χ4n) is 4.72. The second-order valence-electron chi connectivity index (χ2n) is 12.0. The molecule has 42 heavy (non-hydrogen) atoms.